The van der Waals surface area contributed by atoms with E-state index in [9.17, 15) is 0 Å². The molecule has 0 bridgehead atoms. The molecule has 1 aliphatic rings. The minimum absolute atomic E-state index is 0.985. The van der Waals surface area contributed by atoms with Gasteiger partial charge in [-0.2, -0.15) is 0 Å². The van der Waals surface area contributed by atoms with E-state index < -0.39 is 0 Å². The van der Waals surface area contributed by atoms with Crippen LogP contribution in [0.2, 0.25) is 0 Å². The van der Waals surface area contributed by atoms with Crippen LogP contribution in [0.5, 0.6) is 0 Å². The van der Waals surface area contributed by atoms with Crippen LogP contribution in [0, 0.1) is 25.4 Å². The van der Waals surface area contributed by atoms with E-state index >= 15 is 0 Å². The van der Waals surface area contributed by atoms with Gasteiger partial charge in [0.05, 0.1) is 11.6 Å². The average molecular weight is 193 g/mol. The van der Waals surface area contributed by atoms with Gasteiger partial charge in [-0.25, -0.2) is 5.32 Å². The van der Waals surface area contributed by atoms with Crippen LogP contribution in [0.25, 0.3) is 10.9 Å². The van der Waals surface area contributed by atoms with E-state index in [2.05, 4.69) is 28.5 Å². The van der Waals surface area contributed by atoms with Gasteiger partial charge in [0.25, 0.3) is 0 Å². The molecular weight excluding hydrogens is 184 g/mol. The van der Waals surface area contributed by atoms with Gasteiger partial charge in [0, 0.05) is 23.7 Å². The number of hydrogen-bond acceptors (Lipinski definition) is 1. The number of rotatable bonds is 1. The predicted molar refractivity (Wildman–Crippen MR) is 59.1 cm³/mol. The summed E-state index contributed by atoms with van der Waals surface area (Å²) in [6.07, 6.45) is 5.76. The van der Waals surface area contributed by atoms with Gasteiger partial charge in [-0.1, -0.05) is 24.3 Å². The molecule has 15 heavy (non-hydrogen) atoms. The first-order valence-electron chi connectivity index (χ1n) is 4.87. The Balaban J connectivity index is 2.16. The first-order chi connectivity index (χ1) is 7.45. The summed E-state index contributed by atoms with van der Waals surface area (Å²) in [6, 6.07) is 11.2. The Labute approximate surface area is 89.3 Å². The van der Waals surface area contributed by atoms with Crippen LogP contribution in [-0.2, 0) is 0 Å². The summed E-state index contributed by atoms with van der Waals surface area (Å²) in [5, 5.41) is 5.45. The highest BCUT2D eigenvalue weighted by Gasteiger charge is 2.21. The summed E-state index contributed by atoms with van der Waals surface area (Å²) in [6.45, 7) is 1.80. The maximum atomic E-state index is 4.40. The summed E-state index contributed by atoms with van der Waals surface area (Å²) in [5.41, 5.74) is 2.11. The van der Waals surface area contributed by atoms with Crippen LogP contribution in [-0.4, -0.2) is 4.98 Å². The van der Waals surface area contributed by atoms with Crippen LogP contribution >= 0.6 is 0 Å². The molecule has 0 aliphatic carbocycles. The second-order valence-corrected chi connectivity index (χ2v) is 3.40. The van der Waals surface area contributed by atoms with Gasteiger partial charge in [0.2, 0.25) is 0 Å². The lowest BCUT2D eigenvalue weighted by Crippen LogP contribution is -2.05. The molecule has 1 aromatic heterocycles. The molecule has 2 heteroatoms. The molecule has 71 valence electrons. The van der Waals surface area contributed by atoms with Crippen molar-refractivity contribution in [1.29, 1.82) is 0 Å². The Hall–Kier alpha value is -1.41. The lowest BCUT2D eigenvalue weighted by molar-refractivity contribution is 0.948. The van der Waals surface area contributed by atoms with Crippen molar-refractivity contribution in [2.75, 3.05) is 0 Å². The average Bonchev–Trinajstić information content (AvgIpc) is 2.82. The maximum absolute atomic E-state index is 4.40. The SMILES string of the molecule is [CH]1[CH][N][C](c2cccc3cccnc23)[CH]1. The molecule has 0 N–H and O–H groups in total. The number of hydrogen-bond donors (Lipinski definition) is 0. The fraction of sp³-hybridized carbons (Fsp3) is 0. The van der Waals surface area contributed by atoms with Gasteiger partial charge in [0.15, 0.2) is 0 Å². The lowest BCUT2D eigenvalue weighted by atomic mass is 10.0. The molecule has 0 amide bonds. The molecule has 0 saturated carbocycles. The van der Waals surface area contributed by atoms with E-state index in [4.69, 9.17) is 0 Å². The van der Waals surface area contributed by atoms with Crippen molar-refractivity contribution in [3.05, 3.63) is 67.5 Å². The fourth-order valence-corrected chi connectivity index (χ4v) is 1.77. The van der Waals surface area contributed by atoms with Crippen molar-refractivity contribution in [1.82, 2.24) is 10.3 Å². The zero-order chi connectivity index (χ0) is 10.1. The number of para-hydroxylation sites is 1. The van der Waals surface area contributed by atoms with Gasteiger partial charge in [-0.15, -0.1) is 0 Å². The molecule has 1 aromatic carbocycles. The quantitative estimate of drug-likeness (QED) is 0.682. The molecule has 2 aromatic rings. The van der Waals surface area contributed by atoms with Crippen molar-refractivity contribution < 1.29 is 0 Å². The number of pyridine rings is 1. The molecule has 0 unspecified atom stereocenters. The number of fused-ring (bicyclic) bond motifs is 1. The summed E-state index contributed by atoms with van der Waals surface area (Å²) < 4.78 is 0. The van der Waals surface area contributed by atoms with E-state index in [1.807, 2.05) is 31.2 Å². The molecule has 1 fully saturated rings. The van der Waals surface area contributed by atoms with Crippen molar-refractivity contribution in [2.24, 2.45) is 0 Å². The largest absolute Gasteiger partial charge is 0.256 e. The molecule has 1 saturated heterocycles. The van der Waals surface area contributed by atoms with E-state index in [-0.39, 0.29) is 0 Å². The zero-order valence-corrected chi connectivity index (χ0v) is 8.09. The van der Waals surface area contributed by atoms with E-state index in [1.54, 1.807) is 6.54 Å². The molecule has 2 heterocycles. The molecule has 5 radical (unpaired) electrons. The second-order valence-electron chi connectivity index (χ2n) is 3.40. The lowest BCUT2D eigenvalue weighted by Gasteiger charge is -2.09. The molecule has 2 nitrogen and oxygen atoms in total. The zero-order valence-electron chi connectivity index (χ0n) is 8.09. The van der Waals surface area contributed by atoms with Gasteiger partial charge in [-0.05, 0) is 18.9 Å². The smallest absolute Gasteiger partial charge is 0.0907 e. The highest BCUT2D eigenvalue weighted by Crippen LogP contribution is 2.28. The Bertz CT molecular complexity index is 467. The van der Waals surface area contributed by atoms with Crippen LogP contribution in [0.1, 0.15) is 5.56 Å². The van der Waals surface area contributed by atoms with E-state index in [0.717, 1.165) is 22.5 Å². The molecular formula is C13H9N2. The normalized spacial score (nSPS) is 17.3. The highest BCUT2D eigenvalue weighted by atomic mass is 14.9. The Kier molecular flexibility index (Phi) is 2.14. The van der Waals surface area contributed by atoms with Crippen LogP contribution < -0.4 is 5.32 Å². The standard InChI is InChI=1S/C13H9N2/c1-4-10-5-2-9-15-13(10)11(6-1)12-7-3-8-14-12/h1-9H. The number of benzene rings is 1. The number of nitrogens with zero attached hydrogens (tertiary/aromatic N) is 2. The summed E-state index contributed by atoms with van der Waals surface area (Å²) >= 11 is 0. The van der Waals surface area contributed by atoms with Crippen molar-refractivity contribution in [2.45, 2.75) is 0 Å². The third kappa shape index (κ3) is 1.51. The monoisotopic (exact) mass is 193 g/mol. The molecule has 3 rings (SSSR count). The van der Waals surface area contributed by atoms with E-state index in [1.165, 1.54) is 0 Å². The third-order valence-electron chi connectivity index (χ3n) is 2.46. The van der Waals surface area contributed by atoms with Gasteiger partial charge >= 0.3 is 0 Å². The van der Waals surface area contributed by atoms with Crippen molar-refractivity contribution in [3.8, 4) is 0 Å². The Morgan fingerprint density at radius 3 is 2.80 bits per heavy atom. The minimum Gasteiger partial charge on any atom is -0.256 e. The van der Waals surface area contributed by atoms with Gasteiger partial charge in [0.1, 0.15) is 0 Å². The van der Waals surface area contributed by atoms with Crippen LogP contribution in [0.3, 0.4) is 0 Å². The number of aromatic nitrogens is 1. The summed E-state index contributed by atoms with van der Waals surface area (Å²) in [7, 11) is 0. The first kappa shape index (κ1) is 8.86. The maximum Gasteiger partial charge on any atom is 0.0907 e. The topological polar surface area (TPSA) is 27.0 Å². The Morgan fingerprint density at radius 1 is 1.00 bits per heavy atom. The van der Waals surface area contributed by atoms with Crippen LogP contribution in [0.4, 0.5) is 0 Å². The fourth-order valence-electron chi connectivity index (χ4n) is 1.77. The highest BCUT2D eigenvalue weighted by molar-refractivity contribution is 5.84. The van der Waals surface area contributed by atoms with Gasteiger partial charge in [-0.3, -0.25) is 4.98 Å². The molecule has 1 aliphatic heterocycles. The van der Waals surface area contributed by atoms with Crippen molar-refractivity contribution in [3.63, 3.8) is 0 Å². The molecule has 0 spiro atoms. The van der Waals surface area contributed by atoms with Crippen molar-refractivity contribution >= 4 is 10.9 Å². The third-order valence-corrected chi connectivity index (χ3v) is 2.46. The first-order valence-corrected chi connectivity index (χ1v) is 4.87. The minimum atomic E-state index is 0.985. The van der Waals surface area contributed by atoms with E-state index in [0.29, 0.717) is 0 Å². The summed E-state index contributed by atoms with van der Waals surface area (Å²) in [4.78, 5) is 4.40. The predicted octanol–water partition coefficient (Wildman–Crippen LogP) is 2.30. The summed E-state index contributed by atoms with van der Waals surface area (Å²) in [5.74, 6) is 0. The second kappa shape index (κ2) is 3.63. The molecule has 0 atom stereocenters. The van der Waals surface area contributed by atoms with Gasteiger partial charge < -0.3 is 0 Å². The van der Waals surface area contributed by atoms with Crippen LogP contribution in [0.15, 0.2) is 36.5 Å². The Morgan fingerprint density at radius 2 is 1.93 bits per heavy atom.